The van der Waals surface area contributed by atoms with Gasteiger partial charge in [0, 0.05) is 22.8 Å². The standard InChI is InChI=1S/C18H17BrN2O4/c1-12(22)20-15-6-8-16(9-7-15)21-17(23)11-25-18(24)10-13-2-4-14(19)5-3-13/h2-9H,10-11H2,1H3,(H,20,22)(H,21,23). The molecule has 0 unspecified atom stereocenters. The quantitative estimate of drug-likeness (QED) is 0.724. The Hall–Kier alpha value is -2.67. The van der Waals surface area contributed by atoms with Crippen LogP contribution in [0.4, 0.5) is 11.4 Å². The molecule has 6 nitrogen and oxygen atoms in total. The third-order valence-electron chi connectivity index (χ3n) is 3.11. The van der Waals surface area contributed by atoms with Crippen molar-refractivity contribution in [2.75, 3.05) is 17.2 Å². The summed E-state index contributed by atoms with van der Waals surface area (Å²) in [4.78, 5) is 34.5. The van der Waals surface area contributed by atoms with E-state index in [-0.39, 0.29) is 18.9 Å². The minimum Gasteiger partial charge on any atom is -0.455 e. The van der Waals surface area contributed by atoms with Gasteiger partial charge in [-0.25, -0.2) is 0 Å². The average molecular weight is 405 g/mol. The molecule has 2 aromatic carbocycles. The van der Waals surface area contributed by atoms with Gasteiger partial charge in [0.05, 0.1) is 6.42 Å². The van der Waals surface area contributed by atoms with Crippen LogP contribution in [-0.2, 0) is 25.5 Å². The molecule has 2 rings (SSSR count). The maximum absolute atomic E-state index is 11.8. The molecule has 2 aromatic rings. The van der Waals surface area contributed by atoms with Gasteiger partial charge in [-0.2, -0.15) is 0 Å². The summed E-state index contributed by atoms with van der Waals surface area (Å²) in [7, 11) is 0. The van der Waals surface area contributed by atoms with Crippen molar-refractivity contribution in [1.82, 2.24) is 0 Å². The Kier molecular flexibility index (Phi) is 6.71. The fourth-order valence-electron chi connectivity index (χ4n) is 2.00. The van der Waals surface area contributed by atoms with Gasteiger partial charge in [-0.3, -0.25) is 14.4 Å². The Morgan fingerprint density at radius 1 is 0.920 bits per heavy atom. The Morgan fingerprint density at radius 3 is 2.04 bits per heavy atom. The summed E-state index contributed by atoms with van der Waals surface area (Å²) in [5.41, 5.74) is 1.98. The van der Waals surface area contributed by atoms with Crippen LogP contribution in [0.25, 0.3) is 0 Å². The smallest absolute Gasteiger partial charge is 0.310 e. The molecule has 0 aliphatic rings. The average Bonchev–Trinajstić information content (AvgIpc) is 2.56. The number of benzene rings is 2. The summed E-state index contributed by atoms with van der Waals surface area (Å²) < 4.78 is 5.89. The number of halogens is 1. The highest BCUT2D eigenvalue weighted by atomic mass is 79.9. The third kappa shape index (κ3) is 6.76. The molecule has 0 saturated carbocycles. The number of nitrogens with one attached hydrogen (secondary N) is 2. The highest BCUT2D eigenvalue weighted by Gasteiger charge is 2.09. The normalized spacial score (nSPS) is 10.0. The van der Waals surface area contributed by atoms with Gasteiger partial charge in [-0.1, -0.05) is 28.1 Å². The topological polar surface area (TPSA) is 84.5 Å². The van der Waals surface area contributed by atoms with Gasteiger partial charge < -0.3 is 15.4 Å². The van der Waals surface area contributed by atoms with Crippen LogP contribution in [0.1, 0.15) is 12.5 Å². The van der Waals surface area contributed by atoms with Crippen LogP contribution in [0.3, 0.4) is 0 Å². The Bertz CT molecular complexity index is 758. The van der Waals surface area contributed by atoms with Gasteiger partial charge in [0.1, 0.15) is 0 Å². The summed E-state index contributed by atoms with van der Waals surface area (Å²) in [5, 5.41) is 5.24. The molecular formula is C18H17BrN2O4. The minimum absolute atomic E-state index is 0.103. The highest BCUT2D eigenvalue weighted by molar-refractivity contribution is 9.10. The van der Waals surface area contributed by atoms with Crippen molar-refractivity contribution in [1.29, 1.82) is 0 Å². The molecule has 0 aliphatic heterocycles. The fraction of sp³-hybridized carbons (Fsp3) is 0.167. The number of carbonyl (C=O) groups excluding carboxylic acids is 3. The summed E-state index contributed by atoms with van der Waals surface area (Å²) in [6.07, 6.45) is 0.103. The van der Waals surface area contributed by atoms with Crippen LogP contribution >= 0.6 is 15.9 Å². The van der Waals surface area contributed by atoms with Gasteiger partial charge in [-0.15, -0.1) is 0 Å². The summed E-state index contributed by atoms with van der Waals surface area (Å²) in [5.74, 6) is -1.08. The number of ether oxygens (including phenoxy) is 1. The Labute approximate surface area is 153 Å². The van der Waals surface area contributed by atoms with Crippen LogP contribution in [0.5, 0.6) is 0 Å². The van der Waals surface area contributed by atoms with E-state index in [1.54, 1.807) is 24.3 Å². The lowest BCUT2D eigenvalue weighted by Gasteiger charge is -2.08. The zero-order valence-electron chi connectivity index (χ0n) is 13.5. The number of rotatable bonds is 6. The van der Waals surface area contributed by atoms with Crippen LogP contribution in [0.15, 0.2) is 53.0 Å². The van der Waals surface area contributed by atoms with Gasteiger partial charge in [0.15, 0.2) is 6.61 Å². The molecule has 0 bridgehead atoms. The Morgan fingerprint density at radius 2 is 1.48 bits per heavy atom. The SMILES string of the molecule is CC(=O)Nc1ccc(NC(=O)COC(=O)Cc2ccc(Br)cc2)cc1. The minimum atomic E-state index is -0.474. The lowest BCUT2D eigenvalue weighted by Crippen LogP contribution is -2.21. The second-order valence-corrected chi connectivity index (χ2v) is 6.19. The number of hydrogen-bond acceptors (Lipinski definition) is 4. The van der Waals surface area contributed by atoms with Crippen molar-refractivity contribution < 1.29 is 19.1 Å². The molecule has 25 heavy (non-hydrogen) atoms. The molecule has 0 atom stereocenters. The van der Waals surface area contributed by atoms with E-state index in [0.717, 1.165) is 10.0 Å². The van der Waals surface area contributed by atoms with E-state index < -0.39 is 11.9 Å². The van der Waals surface area contributed by atoms with E-state index >= 15 is 0 Å². The molecular weight excluding hydrogens is 388 g/mol. The predicted molar refractivity (Wildman–Crippen MR) is 98.2 cm³/mol. The van der Waals surface area contributed by atoms with Gasteiger partial charge >= 0.3 is 5.97 Å². The Balaban J connectivity index is 1.77. The molecule has 130 valence electrons. The van der Waals surface area contributed by atoms with Crippen molar-refractivity contribution in [2.45, 2.75) is 13.3 Å². The highest BCUT2D eigenvalue weighted by Crippen LogP contribution is 2.14. The second-order valence-electron chi connectivity index (χ2n) is 5.27. The first kappa shape index (κ1) is 18.7. The van der Waals surface area contributed by atoms with Crippen LogP contribution in [0.2, 0.25) is 0 Å². The third-order valence-corrected chi connectivity index (χ3v) is 3.64. The maximum atomic E-state index is 11.8. The van der Waals surface area contributed by atoms with Crippen molar-refractivity contribution >= 4 is 45.1 Å². The zero-order chi connectivity index (χ0) is 18.2. The van der Waals surface area contributed by atoms with Gasteiger partial charge in [-0.05, 0) is 42.0 Å². The molecule has 0 spiro atoms. The van der Waals surface area contributed by atoms with Crippen molar-refractivity contribution in [3.05, 3.63) is 58.6 Å². The predicted octanol–water partition coefficient (Wildman–Crippen LogP) is 3.13. The lowest BCUT2D eigenvalue weighted by molar-refractivity contribution is -0.146. The lowest BCUT2D eigenvalue weighted by atomic mass is 10.2. The van der Waals surface area contributed by atoms with E-state index in [1.807, 2.05) is 24.3 Å². The van der Waals surface area contributed by atoms with Crippen molar-refractivity contribution in [2.24, 2.45) is 0 Å². The van der Waals surface area contributed by atoms with E-state index in [1.165, 1.54) is 6.92 Å². The maximum Gasteiger partial charge on any atom is 0.310 e. The number of anilines is 2. The van der Waals surface area contributed by atoms with Crippen LogP contribution in [-0.4, -0.2) is 24.4 Å². The number of hydrogen-bond donors (Lipinski definition) is 2. The summed E-state index contributed by atoms with van der Waals surface area (Å²) >= 11 is 3.32. The number of carbonyl (C=O) groups is 3. The fourth-order valence-corrected chi connectivity index (χ4v) is 2.27. The molecule has 0 fully saturated rings. The number of esters is 1. The van der Waals surface area contributed by atoms with Crippen molar-refractivity contribution in [3.8, 4) is 0 Å². The van der Waals surface area contributed by atoms with E-state index in [0.29, 0.717) is 11.4 Å². The van der Waals surface area contributed by atoms with Crippen LogP contribution in [0, 0.1) is 0 Å². The molecule has 2 N–H and O–H groups in total. The molecule has 0 heterocycles. The molecule has 0 radical (unpaired) electrons. The molecule has 0 aromatic heterocycles. The molecule has 0 aliphatic carbocycles. The van der Waals surface area contributed by atoms with E-state index in [9.17, 15) is 14.4 Å². The van der Waals surface area contributed by atoms with E-state index in [4.69, 9.17) is 4.74 Å². The number of amides is 2. The monoisotopic (exact) mass is 404 g/mol. The second kappa shape index (κ2) is 8.98. The first-order chi connectivity index (χ1) is 11.9. The largest absolute Gasteiger partial charge is 0.455 e. The molecule has 2 amide bonds. The molecule has 7 heteroatoms. The van der Waals surface area contributed by atoms with Gasteiger partial charge in [0.2, 0.25) is 5.91 Å². The zero-order valence-corrected chi connectivity index (χ0v) is 15.1. The first-order valence-electron chi connectivity index (χ1n) is 7.50. The molecule has 0 saturated heterocycles. The summed E-state index contributed by atoms with van der Waals surface area (Å²) in [6.45, 7) is 1.06. The van der Waals surface area contributed by atoms with Crippen LogP contribution < -0.4 is 10.6 Å². The van der Waals surface area contributed by atoms with E-state index in [2.05, 4.69) is 26.6 Å². The summed E-state index contributed by atoms with van der Waals surface area (Å²) in [6, 6.07) is 13.9. The van der Waals surface area contributed by atoms with Crippen molar-refractivity contribution in [3.63, 3.8) is 0 Å². The first-order valence-corrected chi connectivity index (χ1v) is 8.29. The van der Waals surface area contributed by atoms with Gasteiger partial charge in [0.25, 0.3) is 5.91 Å².